The Labute approximate surface area is 204 Å². The fourth-order valence-electron chi connectivity index (χ4n) is 3.43. The van der Waals surface area contributed by atoms with Gasteiger partial charge in [0.15, 0.2) is 0 Å². The van der Waals surface area contributed by atoms with Gasteiger partial charge in [-0.15, -0.1) is 0 Å². The van der Waals surface area contributed by atoms with Gasteiger partial charge in [-0.1, -0.05) is 60.9 Å². The van der Waals surface area contributed by atoms with E-state index in [1.54, 1.807) is 29.2 Å². The average Bonchev–Trinajstić information content (AvgIpc) is 2.87. The maximum absolute atomic E-state index is 13.2. The molecule has 0 saturated heterocycles. The van der Waals surface area contributed by atoms with Gasteiger partial charge in [-0.3, -0.25) is 15.0 Å². The third-order valence-electron chi connectivity index (χ3n) is 5.29. The molecule has 0 spiro atoms. The number of carbonyl (C=O) groups is 2. The number of para-hydroxylation sites is 1. The number of hydrogen-bond acceptors (Lipinski definition) is 4. The molecule has 0 unspecified atom stereocenters. The molecule has 35 heavy (non-hydrogen) atoms. The molecule has 0 aromatic heterocycles. The maximum Gasteiger partial charge on any atom is 0.326 e. The van der Waals surface area contributed by atoms with Crippen LogP contribution in [0.25, 0.3) is 0 Å². The van der Waals surface area contributed by atoms with Crippen LogP contribution >= 0.6 is 0 Å². The molecule has 3 amide bonds. The van der Waals surface area contributed by atoms with Gasteiger partial charge in [0.25, 0.3) is 5.91 Å². The van der Waals surface area contributed by atoms with Crippen molar-refractivity contribution in [1.82, 2.24) is 5.32 Å². The van der Waals surface area contributed by atoms with Crippen molar-refractivity contribution in [1.29, 1.82) is 5.53 Å². The van der Waals surface area contributed by atoms with Crippen LogP contribution in [0.2, 0.25) is 0 Å². The number of aryl methyl sites for hydroxylation is 1. The summed E-state index contributed by atoms with van der Waals surface area (Å²) in [5.41, 5.74) is 16.0. The molecule has 0 saturated carbocycles. The van der Waals surface area contributed by atoms with Crippen molar-refractivity contribution in [3.8, 4) is 0 Å². The zero-order chi connectivity index (χ0) is 25.0. The van der Waals surface area contributed by atoms with E-state index < -0.39 is 5.91 Å². The Bertz CT molecular complexity index is 1160. The van der Waals surface area contributed by atoms with E-state index in [2.05, 4.69) is 40.0 Å². The summed E-state index contributed by atoms with van der Waals surface area (Å²) in [6.07, 6.45) is 3.24. The number of nitrogens with one attached hydrogen (secondary N) is 3. The summed E-state index contributed by atoms with van der Waals surface area (Å²) in [6, 6.07) is 23.9. The molecule has 0 aliphatic heterocycles. The van der Waals surface area contributed by atoms with Crippen molar-refractivity contribution >= 4 is 29.3 Å². The molecular formula is C26H29N7O2. The zero-order valence-corrected chi connectivity index (χ0v) is 19.6. The molecule has 0 bridgehead atoms. The third-order valence-corrected chi connectivity index (χ3v) is 5.29. The second-order valence-electron chi connectivity index (χ2n) is 7.89. The van der Waals surface area contributed by atoms with E-state index in [4.69, 9.17) is 11.3 Å². The van der Waals surface area contributed by atoms with Gasteiger partial charge in [-0.05, 0) is 65.6 Å². The quantitative estimate of drug-likeness (QED) is 0.147. The van der Waals surface area contributed by atoms with E-state index in [0.717, 1.165) is 30.5 Å². The SMILES string of the molecule is CCCCc1ccc(N(Cc2ccc(C(=O)NC(N)=NN=N)cc2)C(=O)Nc2ccccc2)cc1. The minimum atomic E-state index is -0.470. The molecule has 0 fully saturated rings. The van der Waals surface area contributed by atoms with Crippen molar-refractivity contribution < 1.29 is 9.59 Å². The number of guanidine groups is 1. The molecule has 0 heterocycles. The number of rotatable bonds is 9. The monoisotopic (exact) mass is 471 g/mol. The van der Waals surface area contributed by atoms with Crippen molar-refractivity contribution in [3.05, 3.63) is 95.6 Å². The predicted molar refractivity (Wildman–Crippen MR) is 137 cm³/mol. The molecule has 0 atom stereocenters. The summed E-state index contributed by atoms with van der Waals surface area (Å²) in [5, 5.41) is 11.3. The van der Waals surface area contributed by atoms with Gasteiger partial charge >= 0.3 is 6.03 Å². The van der Waals surface area contributed by atoms with Gasteiger partial charge in [0.05, 0.1) is 6.54 Å². The van der Waals surface area contributed by atoms with Crippen LogP contribution in [0.15, 0.2) is 89.2 Å². The molecule has 9 heteroatoms. The molecule has 0 aliphatic carbocycles. The normalized spacial score (nSPS) is 10.9. The topological polar surface area (TPSA) is 136 Å². The predicted octanol–water partition coefficient (Wildman–Crippen LogP) is 5.26. The van der Waals surface area contributed by atoms with Crippen LogP contribution in [0.5, 0.6) is 0 Å². The zero-order valence-electron chi connectivity index (χ0n) is 19.6. The van der Waals surface area contributed by atoms with E-state index in [1.165, 1.54) is 5.56 Å². The minimum absolute atomic E-state index is 0.262. The second kappa shape index (κ2) is 12.6. The standard InChI is InChI=1S/C26H29N7O2/c1-2-3-7-19-12-16-23(17-13-19)33(26(35)29-22-8-5-4-6-9-22)18-20-10-14-21(15-11-20)24(34)30-25(27)31-32-28/h4-6,8-17H,2-3,7,18H2,1H3,(H,29,35)(H4,27,28,30,31,34). The number of nitrogens with two attached hydrogens (primary N) is 1. The Morgan fingerprint density at radius 1 is 0.943 bits per heavy atom. The highest BCUT2D eigenvalue weighted by Crippen LogP contribution is 2.21. The van der Waals surface area contributed by atoms with Gasteiger partial charge in [-0.25, -0.2) is 4.79 Å². The Morgan fingerprint density at radius 2 is 1.60 bits per heavy atom. The van der Waals surface area contributed by atoms with E-state index >= 15 is 0 Å². The van der Waals surface area contributed by atoms with Gasteiger partial charge in [-0.2, -0.15) is 5.53 Å². The van der Waals surface area contributed by atoms with Crippen molar-refractivity contribution in [2.75, 3.05) is 10.2 Å². The summed E-state index contributed by atoms with van der Waals surface area (Å²) in [4.78, 5) is 27.1. The number of amides is 3. The van der Waals surface area contributed by atoms with Crippen LogP contribution in [0.4, 0.5) is 16.2 Å². The Kier molecular flexibility index (Phi) is 9.07. The van der Waals surface area contributed by atoms with Gasteiger partial charge in [0, 0.05) is 16.9 Å². The van der Waals surface area contributed by atoms with Crippen LogP contribution in [0, 0.1) is 5.53 Å². The highest BCUT2D eigenvalue weighted by atomic mass is 16.2. The lowest BCUT2D eigenvalue weighted by Gasteiger charge is -2.24. The van der Waals surface area contributed by atoms with Crippen molar-refractivity contribution in [3.63, 3.8) is 0 Å². The van der Waals surface area contributed by atoms with Gasteiger partial charge < -0.3 is 11.1 Å². The number of urea groups is 1. The van der Waals surface area contributed by atoms with Crippen LogP contribution in [0.3, 0.4) is 0 Å². The molecule has 180 valence electrons. The van der Waals surface area contributed by atoms with Crippen molar-refractivity contribution in [2.24, 2.45) is 16.1 Å². The number of benzene rings is 3. The minimum Gasteiger partial charge on any atom is -0.368 e. The first-order valence-corrected chi connectivity index (χ1v) is 11.3. The highest BCUT2D eigenvalue weighted by molar-refractivity contribution is 6.05. The van der Waals surface area contributed by atoms with Gasteiger partial charge in [0.1, 0.15) is 0 Å². The lowest BCUT2D eigenvalue weighted by atomic mass is 10.1. The fraction of sp³-hybridized carbons (Fsp3) is 0.192. The lowest BCUT2D eigenvalue weighted by Crippen LogP contribution is -2.36. The molecule has 3 aromatic carbocycles. The lowest BCUT2D eigenvalue weighted by molar-refractivity contribution is 0.0976. The summed E-state index contributed by atoms with van der Waals surface area (Å²) in [7, 11) is 0. The molecular weight excluding hydrogens is 442 g/mol. The van der Waals surface area contributed by atoms with E-state index in [-0.39, 0.29) is 12.0 Å². The summed E-state index contributed by atoms with van der Waals surface area (Å²) in [6.45, 7) is 2.46. The Morgan fingerprint density at radius 3 is 2.23 bits per heavy atom. The molecule has 5 N–H and O–H groups in total. The number of anilines is 2. The summed E-state index contributed by atoms with van der Waals surface area (Å²) < 4.78 is 0. The second-order valence-corrected chi connectivity index (χ2v) is 7.89. The molecule has 9 nitrogen and oxygen atoms in total. The van der Waals surface area contributed by atoms with Crippen molar-refractivity contribution in [2.45, 2.75) is 32.7 Å². The number of unbranched alkanes of at least 4 members (excludes halogenated alkanes) is 1. The Balaban J connectivity index is 1.79. The highest BCUT2D eigenvalue weighted by Gasteiger charge is 2.17. The number of carbonyl (C=O) groups excluding carboxylic acids is 2. The van der Waals surface area contributed by atoms with Crippen LogP contribution in [-0.4, -0.2) is 17.9 Å². The fourth-order valence-corrected chi connectivity index (χ4v) is 3.43. The number of nitrogens with zero attached hydrogens (tertiary/aromatic N) is 3. The van der Waals surface area contributed by atoms with Crippen LogP contribution in [-0.2, 0) is 13.0 Å². The maximum atomic E-state index is 13.2. The van der Waals surface area contributed by atoms with Gasteiger partial charge in [0.2, 0.25) is 5.96 Å². The largest absolute Gasteiger partial charge is 0.368 e. The molecule has 0 radical (unpaired) electrons. The van der Waals surface area contributed by atoms with E-state index in [0.29, 0.717) is 17.8 Å². The molecule has 0 aliphatic rings. The first-order chi connectivity index (χ1) is 17.0. The van der Waals surface area contributed by atoms with Crippen LogP contribution < -0.4 is 21.3 Å². The smallest absolute Gasteiger partial charge is 0.326 e. The first-order valence-electron chi connectivity index (χ1n) is 11.3. The summed E-state index contributed by atoms with van der Waals surface area (Å²) >= 11 is 0. The Hall–Kier alpha value is -4.53. The van der Waals surface area contributed by atoms with E-state index in [9.17, 15) is 9.59 Å². The first kappa shape index (κ1) is 25.1. The molecule has 3 aromatic rings. The van der Waals surface area contributed by atoms with E-state index in [1.807, 2.05) is 42.5 Å². The number of hydrogen-bond donors (Lipinski definition) is 4. The van der Waals surface area contributed by atoms with Crippen LogP contribution in [0.1, 0.15) is 41.3 Å². The third kappa shape index (κ3) is 7.50. The molecule has 3 rings (SSSR count). The average molecular weight is 472 g/mol. The summed E-state index contributed by atoms with van der Waals surface area (Å²) in [5.74, 6) is -0.733.